The molecule has 1 aliphatic carbocycles. The zero-order valence-corrected chi connectivity index (χ0v) is 13.3. The predicted molar refractivity (Wildman–Crippen MR) is 83.6 cm³/mol. The number of nitrogens with one attached hydrogen (secondary N) is 1. The van der Waals surface area contributed by atoms with Crippen LogP contribution in [0, 0.1) is 11.8 Å². The molecular formula is C17H35NO. The van der Waals surface area contributed by atoms with E-state index in [9.17, 15) is 0 Å². The quantitative estimate of drug-likeness (QED) is 0.562. The van der Waals surface area contributed by atoms with E-state index in [1.807, 2.05) is 0 Å². The Kier molecular flexibility index (Phi) is 10.5. The molecule has 0 aliphatic heterocycles. The van der Waals surface area contributed by atoms with Gasteiger partial charge in [0.1, 0.15) is 0 Å². The van der Waals surface area contributed by atoms with Crippen LogP contribution in [0.3, 0.4) is 0 Å². The van der Waals surface area contributed by atoms with Crippen molar-refractivity contribution < 1.29 is 4.74 Å². The highest BCUT2D eigenvalue weighted by Crippen LogP contribution is 2.23. The lowest BCUT2D eigenvalue weighted by Crippen LogP contribution is -2.20. The molecule has 0 unspecified atom stereocenters. The van der Waals surface area contributed by atoms with E-state index in [0.717, 1.165) is 31.6 Å². The molecule has 0 amide bonds. The first kappa shape index (κ1) is 17.0. The van der Waals surface area contributed by atoms with E-state index in [1.54, 1.807) is 0 Å². The Labute approximate surface area is 120 Å². The Morgan fingerprint density at radius 2 is 1.74 bits per heavy atom. The molecule has 114 valence electrons. The zero-order valence-electron chi connectivity index (χ0n) is 13.3. The highest BCUT2D eigenvalue weighted by atomic mass is 16.5. The van der Waals surface area contributed by atoms with E-state index in [-0.39, 0.29) is 0 Å². The number of hydrogen-bond acceptors (Lipinski definition) is 2. The van der Waals surface area contributed by atoms with Crippen molar-refractivity contribution in [2.45, 2.75) is 71.6 Å². The molecule has 2 heteroatoms. The van der Waals surface area contributed by atoms with Gasteiger partial charge < -0.3 is 10.1 Å². The Morgan fingerprint density at radius 3 is 2.47 bits per heavy atom. The van der Waals surface area contributed by atoms with Crippen molar-refractivity contribution in [1.82, 2.24) is 5.32 Å². The summed E-state index contributed by atoms with van der Waals surface area (Å²) in [7, 11) is 0. The van der Waals surface area contributed by atoms with E-state index >= 15 is 0 Å². The van der Waals surface area contributed by atoms with Gasteiger partial charge in [0.05, 0.1) is 0 Å². The number of rotatable bonds is 11. The lowest BCUT2D eigenvalue weighted by atomic mass is 9.90. The second-order valence-electron chi connectivity index (χ2n) is 6.59. The summed E-state index contributed by atoms with van der Waals surface area (Å²) in [4.78, 5) is 0. The van der Waals surface area contributed by atoms with Gasteiger partial charge in [0.25, 0.3) is 0 Å². The minimum Gasteiger partial charge on any atom is -0.381 e. The fraction of sp³-hybridized carbons (Fsp3) is 1.00. The molecule has 0 bridgehead atoms. The summed E-state index contributed by atoms with van der Waals surface area (Å²) in [6.07, 6.45) is 12.3. The van der Waals surface area contributed by atoms with Gasteiger partial charge in [0.15, 0.2) is 0 Å². The van der Waals surface area contributed by atoms with Crippen LogP contribution >= 0.6 is 0 Å². The standard InChI is InChI=1S/C17H35NO/c1-16(2)14-18-12-8-3-4-9-13-19-15-17-10-6-5-7-11-17/h16-18H,3-15H2,1-2H3. The van der Waals surface area contributed by atoms with Gasteiger partial charge in [-0.25, -0.2) is 0 Å². The topological polar surface area (TPSA) is 21.3 Å². The molecule has 1 aliphatic rings. The maximum absolute atomic E-state index is 5.82. The Morgan fingerprint density at radius 1 is 1.00 bits per heavy atom. The van der Waals surface area contributed by atoms with Gasteiger partial charge in [-0.15, -0.1) is 0 Å². The highest BCUT2D eigenvalue weighted by molar-refractivity contribution is 4.64. The molecule has 19 heavy (non-hydrogen) atoms. The van der Waals surface area contributed by atoms with Gasteiger partial charge in [0, 0.05) is 13.2 Å². The summed E-state index contributed by atoms with van der Waals surface area (Å²) in [5, 5.41) is 3.50. The van der Waals surface area contributed by atoms with E-state index < -0.39 is 0 Å². The third-order valence-corrected chi connectivity index (χ3v) is 4.02. The van der Waals surface area contributed by atoms with Crippen molar-refractivity contribution >= 4 is 0 Å². The van der Waals surface area contributed by atoms with Gasteiger partial charge in [-0.1, -0.05) is 46.0 Å². The molecular weight excluding hydrogens is 234 g/mol. The van der Waals surface area contributed by atoms with Gasteiger partial charge in [-0.3, -0.25) is 0 Å². The van der Waals surface area contributed by atoms with Crippen LogP contribution in [0.25, 0.3) is 0 Å². The Bertz CT molecular complexity index is 188. The van der Waals surface area contributed by atoms with E-state index in [2.05, 4.69) is 19.2 Å². The van der Waals surface area contributed by atoms with Crippen LogP contribution in [-0.4, -0.2) is 26.3 Å². The number of ether oxygens (including phenoxy) is 1. The maximum Gasteiger partial charge on any atom is 0.0494 e. The first-order valence-electron chi connectivity index (χ1n) is 8.57. The summed E-state index contributed by atoms with van der Waals surface area (Å²) in [5.74, 6) is 1.64. The van der Waals surface area contributed by atoms with Crippen LogP contribution in [0.15, 0.2) is 0 Å². The van der Waals surface area contributed by atoms with Gasteiger partial charge in [-0.2, -0.15) is 0 Å². The first-order chi connectivity index (χ1) is 9.29. The summed E-state index contributed by atoms with van der Waals surface area (Å²) < 4.78 is 5.82. The summed E-state index contributed by atoms with van der Waals surface area (Å²) in [5.41, 5.74) is 0. The molecule has 0 atom stereocenters. The fourth-order valence-corrected chi connectivity index (χ4v) is 2.80. The van der Waals surface area contributed by atoms with Gasteiger partial charge >= 0.3 is 0 Å². The molecule has 0 aromatic rings. The van der Waals surface area contributed by atoms with Gasteiger partial charge in [0.2, 0.25) is 0 Å². The molecule has 0 aromatic heterocycles. The van der Waals surface area contributed by atoms with Gasteiger partial charge in [-0.05, 0) is 50.6 Å². The minimum absolute atomic E-state index is 0.771. The maximum atomic E-state index is 5.82. The second-order valence-corrected chi connectivity index (χ2v) is 6.59. The van der Waals surface area contributed by atoms with Crippen molar-refractivity contribution in [2.75, 3.05) is 26.3 Å². The average molecular weight is 269 g/mol. The Hall–Kier alpha value is -0.0800. The van der Waals surface area contributed by atoms with Crippen LogP contribution in [0.4, 0.5) is 0 Å². The van der Waals surface area contributed by atoms with E-state index in [1.165, 1.54) is 64.3 Å². The molecule has 0 radical (unpaired) electrons. The normalized spacial score (nSPS) is 17.2. The molecule has 1 fully saturated rings. The first-order valence-corrected chi connectivity index (χ1v) is 8.57. The van der Waals surface area contributed by atoms with Crippen LogP contribution in [0.2, 0.25) is 0 Å². The van der Waals surface area contributed by atoms with Crippen molar-refractivity contribution in [3.8, 4) is 0 Å². The summed E-state index contributed by atoms with van der Waals surface area (Å²) in [6, 6.07) is 0. The van der Waals surface area contributed by atoms with Crippen molar-refractivity contribution in [3.63, 3.8) is 0 Å². The number of hydrogen-bond donors (Lipinski definition) is 1. The van der Waals surface area contributed by atoms with Crippen LogP contribution < -0.4 is 5.32 Å². The SMILES string of the molecule is CC(C)CNCCCCCCOCC1CCCCC1. The molecule has 0 aromatic carbocycles. The molecule has 1 saturated carbocycles. The van der Waals surface area contributed by atoms with Crippen LogP contribution in [-0.2, 0) is 4.74 Å². The zero-order chi connectivity index (χ0) is 13.8. The molecule has 0 saturated heterocycles. The monoisotopic (exact) mass is 269 g/mol. The van der Waals surface area contributed by atoms with E-state index in [4.69, 9.17) is 4.74 Å². The third kappa shape index (κ3) is 10.4. The highest BCUT2D eigenvalue weighted by Gasteiger charge is 2.12. The molecule has 1 rings (SSSR count). The van der Waals surface area contributed by atoms with Crippen LogP contribution in [0.1, 0.15) is 71.6 Å². The van der Waals surface area contributed by atoms with Crippen molar-refractivity contribution in [1.29, 1.82) is 0 Å². The molecule has 2 nitrogen and oxygen atoms in total. The fourth-order valence-electron chi connectivity index (χ4n) is 2.80. The second kappa shape index (κ2) is 11.7. The Balaban J connectivity index is 1.73. The minimum atomic E-state index is 0.771. The lowest BCUT2D eigenvalue weighted by Gasteiger charge is -2.21. The summed E-state index contributed by atoms with van der Waals surface area (Å²) in [6.45, 7) is 8.87. The third-order valence-electron chi connectivity index (χ3n) is 4.02. The average Bonchev–Trinajstić information content (AvgIpc) is 2.42. The smallest absolute Gasteiger partial charge is 0.0494 e. The largest absolute Gasteiger partial charge is 0.381 e. The van der Waals surface area contributed by atoms with E-state index in [0.29, 0.717) is 0 Å². The predicted octanol–water partition coefficient (Wildman–Crippen LogP) is 4.39. The van der Waals surface area contributed by atoms with Crippen molar-refractivity contribution in [2.24, 2.45) is 11.8 Å². The number of unbranched alkanes of at least 4 members (excludes halogenated alkanes) is 3. The molecule has 0 spiro atoms. The summed E-state index contributed by atoms with van der Waals surface area (Å²) >= 11 is 0. The van der Waals surface area contributed by atoms with Crippen molar-refractivity contribution in [3.05, 3.63) is 0 Å². The molecule has 1 N–H and O–H groups in total. The van der Waals surface area contributed by atoms with Crippen LogP contribution in [0.5, 0.6) is 0 Å². The lowest BCUT2D eigenvalue weighted by molar-refractivity contribution is 0.0824. The molecule has 0 heterocycles.